The van der Waals surface area contributed by atoms with E-state index in [0.29, 0.717) is 19.5 Å². The van der Waals surface area contributed by atoms with Gasteiger partial charge in [-0.2, -0.15) is 13.2 Å². The third-order valence-electron chi connectivity index (χ3n) is 5.14. The Morgan fingerprint density at radius 2 is 2.04 bits per heavy atom. The zero-order valence-electron chi connectivity index (χ0n) is 13.3. The Labute approximate surface area is 133 Å². The summed E-state index contributed by atoms with van der Waals surface area (Å²) in [6.07, 6.45) is -2.73. The maximum atomic E-state index is 13.3. The molecule has 2 heterocycles. The predicted molar refractivity (Wildman–Crippen MR) is 82.6 cm³/mol. The topological polar surface area (TPSA) is 32.3 Å². The van der Waals surface area contributed by atoms with Crippen LogP contribution in [0, 0.1) is 5.41 Å². The number of para-hydroxylation sites is 1. The fraction of sp³-hybridized carbons (Fsp3) is 0.588. The second kappa shape index (κ2) is 5.23. The fourth-order valence-corrected chi connectivity index (χ4v) is 3.76. The highest BCUT2D eigenvalue weighted by molar-refractivity contribution is 5.66. The van der Waals surface area contributed by atoms with Crippen LogP contribution in [-0.2, 0) is 10.2 Å². The van der Waals surface area contributed by atoms with E-state index in [1.807, 2.05) is 29.2 Å². The molecule has 126 valence electrons. The van der Waals surface area contributed by atoms with Crippen molar-refractivity contribution < 1.29 is 18.0 Å². The lowest BCUT2D eigenvalue weighted by molar-refractivity contribution is -0.207. The van der Waals surface area contributed by atoms with Crippen LogP contribution in [0.25, 0.3) is 0 Å². The molecule has 0 bridgehead atoms. The Bertz CT molecular complexity index is 614. The van der Waals surface area contributed by atoms with Gasteiger partial charge in [-0.15, -0.1) is 0 Å². The number of halogens is 3. The van der Waals surface area contributed by atoms with E-state index in [1.54, 1.807) is 0 Å². The van der Waals surface area contributed by atoms with Crippen molar-refractivity contribution in [3.63, 3.8) is 0 Å². The Kier molecular flexibility index (Phi) is 3.71. The van der Waals surface area contributed by atoms with Crippen molar-refractivity contribution in [2.75, 3.05) is 24.5 Å². The number of rotatable bonds is 3. The lowest BCUT2D eigenvalue weighted by Crippen LogP contribution is -2.45. The number of hydrogen-bond acceptors (Lipinski definition) is 3. The van der Waals surface area contributed by atoms with Gasteiger partial charge in [-0.25, -0.2) is 0 Å². The van der Waals surface area contributed by atoms with Crippen LogP contribution >= 0.6 is 0 Å². The molecule has 1 saturated heterocycles. The molecule has 2 aliphatic rings. The number of nitrogens with one attached hydrogen (secondary N) is 1. The number of carbonyl (C=O) groups excluding carboxylic acids is 1. The molecule has 2 unspecified atom stereocenters. The molecule has 23 heavy (non-hydrogen) atoms. The number of carbonyl (C=O) groups is 1. The zero-order valence-corrected chi connectivity index (χ0v) is 13.3. The molecule has 0 aliphatic carbocycles. The van der Waals surface area contributed by atoms with Crippen LogP contribution in [0.2, 0.25) is 0 Å². The first-order valence-electron chi connectivity index (χ1n) is 7.78. The van der Waals surface area contributed by atoms with Crippen molar-refractivity contribution in [2.24, 2.45) is 5.41 Å². The minimum Gasteiger partial charge on any atom is -0.369 e. The molecule has 3 nitrogen and oxygen atoms in total. The molecule has 2 aliphatic heterocycles. The Balaban J connectivity index is 1.92. The third kappa shape index (κ3) is 2.63. The maximum Gasteiger partial charge on any atom is 0.395 e. The van der Waals surface area contributed by atoms with Gasteiger partial charge in [-0.3, -0.25) is 0 Å². The first-order chi connectivity index (χ1) is 10.7. The number of alkyl halides is 3. The molecule has 0 saturated carbocycles. The number of benzene rings is 1. The standard InChI is InChI=1S/C17H21F3N2O/c1-15(2,17(18,19)20)10-22-11-16(7-12(8-23)21-9-16)13-5-3-4-6-14(13)22/h3-6,8,12,21H,7,9-11H2,1-2H3. The summed E-state index contributed by atoms with van der Waals surface area (Å²) in [6.45, 7) is 3.53. The normalized spacial score (nSPS) is 27.5. The van der Waals surface area contributed by atoms with Gasteiger partial charge >= 0.3 is 6.18 Å². The van der Waals surface area contributed by atoms with E-state index in [4.69, 9.17) is 0 Å². The van der Waals surface area contributed by atoms with Gasteiger partial charge in [-0.05, 0) is 31.9 Å². The van der Waals surface area contributed by atoms with Crippen molar-refractivity contribution in [1.29, 1.82) is 0 Å². The zero-order chi connectivity index (χ0) is 16.9. The summed E-state index contributed by atoms with van der Waals surface area (Å²) in [4.78, 5) is 12.9. The van der Waals surface area contributed by atoms with Crippen LogP contribution < -0.4 is 10.2 Å². The van der Waals surface area contributed by atoms with Gasteiger partial charge in [0.2, 0.25) is 0 Å². The molecule has 2 atom stereocenters. The smallest absolute Gasteiger partial charge is 0.369 e. The lowest BCUT2D eigenvalue weighted by atomic mass is 9.80. The van der Waals surface area contributed by atoms with Crippen molar-refractivity contribution in [1.82, 2.24) is 5.32 Å². The Morgan fingerprint density at radius 3 is 2.65 bits per heavy atom. The van der Waals surface area contributed by atoms with Crippen LogP contribution in [-0.4, -0.2) is 38.1 Å². The van der Waals surface area contributed by atoms with Gasteiger partial charge in [0.25, 0.3) is 0 Å². The van der Waals surface area contributed by atoms with E-state index in [2.05, 4.69) is 5.32 Å². The molecule has 1 aromatic carbocycles. The van der Waals surface area contributed by atoms with Crippen molar-refractivity contribution in [3.8, 4) is 0 Å². The summed E-state index contributed by atoms with van der Waals surface area (Å²) in [5.41, 5.74) is -0.154. The van der Waals surface area contributed by atoms with Gasteiger partial charge in [0.15, 0.2) is 0 Å². The average Bonchev–Trinajstić information content (AvgIpc) is 3.01. The van der Waals surface area contributed by atoms with E-state index >= 15 is 0 Å². The van der Waals surface area contributed by atoms with Crippen molar-refractivity contribution in [3.05, 3.63) is 29.8 Å². The molecular weight excluding hydrogens is 305 g/mol. The summed E-state index contributed by atoms with van der Waals surface area (Å²) in [7, 11) is 0. The predicted octanol–water partition coefficient (Wildman–Crippen LogP) is 2.89. The van der Waals surface area contributed by atoms with Crippen LogP contribution in [0.4, 0.5) is 18.9 Å². The monoisotopic (exact) mass is 326 g/mol. The number of aldehydes is 1. The minimum atomic E-state index is -4.25. The van der Waals surface area contributed by atoms with Gasteiger partial charge in [-0.1, -0.05) is 18.2 Å². The largest absolute Gasteiger partial charge is 0.395 e. The highest BCUT2D eigenvalue weighted by Crippen LogP contribution is 2.48. The third-order valence-corrected chi connectivity index (χ3v) is 5.14. The van der Waals surface area contributed by atoms with Crippen LogP contribution in [0.1, 0.15) is 25.8 Å². The molecule has 1 aromatic rings. The SMILES string of the molecule is CC(C)(CN1CC2(CNC(C=O)C2)c2ccccc21)C(F)(F)F. The highest BCUT2D eigenvalue weighted by atomic mass is 19.4. The second-order valence-electron chi connectivity index (χ2n) is 7.36. The fourth-order valence-electron chi connectivity index (χ4n) is 3.76. The number of fused-ring (bicyclic) bond motifs is 2. The first kappa shape index (κ1) is 16.3. The lowest BCUT2D eigenvalue weighted by Gasteiger charge is -2.34. The first-order valence-corrected chi connectivity index (χ1v) is 7.78. The number of anilines is 1. The number of nitrogens with zero attached hydrogens (tertiary/aromatic N) is 1. The van der Waals surface area contributed by atoms with Crippen LogP contribution in [0.15, 0.2) is 24.3 Å². The molecule has 1 spiro atoms. The Morgan fingerprint density at radius 1 is 1.35 bits per heavy atom. The van der Waals surface area contributed by atoms with Gasteiger partial charge in [0, 0.05) is 30.7 Å². The molecule has 0 radical (unpaired) electrons. The van der Waals surface area contributed by atoms with E-state index in [9.17, 15) is 18.0 Å². The summed E-state index contributed by atoms with van der Waals surface area (Å²) >= 11 is 0. The second-order valence-corrected chi connectivity index (χ2v) is 7.36. The summed E-state index contributed by atoms with van der Waals surface area (Å²) in [5, 5.41) is 3.18. The maximum absolute atomic E-state index is 13.3. The molecular formula is C17H21F3N2O. The molecule has 0 amide bonds. The molecule has 1 fully saturated rings. The Hall–Kier alpha value is -1.56. The van der Waals surface area contributed by atoms with E-state index < -0.39 is 11.6 Å². The number of hydrogen-bond donors (Lipinski definition) is 1. The minimum absolute atomic E-state index is 0.0823. The van der Waals surface area contributed by atoms with Crippen molar-refractivity contribution >= 4 is 12.0 Å². The molecule has 0 aromatic heterocycles. The van der Waals surface area contributed by atoms with Gasteiger partial charge in [0.1, 0.15) is 6.29 Å². The molecule has 1 N–H and O–H groups in total. The van der Waals surface area contributed by atoms with Gasteiger partial charge in [0.05, 0.1) is 11.5 Å². The summed E-state index contributed by atoms with van der Waals surface area (Å²) in [5.74, 6) is 0. The van der Waals surface area contributed by atoms with Gasteiger partial charge < -0.3 is 15.0 Å². The average molecular weight is 326 g/mol. The highest BCUT2D eigenvalue weighted by Gasteiger charge is 2.52. The van der Waals surface area contributed by atoms with Crippen molar-refractivity contribution in [2.45, 2.75) is 37.9 Å². The van der Waals surface area contributed by atoms with Crippen LogP contribution in [0.5, 0.6) is 0 Å². The molecule has 6 heteroatoms. The quantitative estimate of drug-likeness (QED) is 0.867. The van der Waals surface area contributed by atoms with E-state index in [-0.39, 0.29) is 18.0 Å². The summed E-state index contributed by atoms with van der Waals surface area (Å²) in [6, 6.07) is 7.40. The van der Waals surface area contributed by atoms with E-state index in [0.717, 1.165) is 17.5 Å². The van der Waals surface area contributed by atoms with Crippen LogP contribution in [0.3, 0.4) is 0 Å². The molecule has 3 rings (SSSR count). The summed E-state index contributed by atoms with van der Waals surface area (Å²) < 4.78 is 39.8. The van der Waals surface area contributed by atoms with E-state index in [1.165, 1.54) is 13.8 Å².